The molecule has 5 nitrogen and oxygen atoms in total. The van der Waals surface area contributed by atoms with Gasteiger partial charge in [-0.3, -0.25) is 4.79 Å². The molecule has 2 heterocycles. The molecule has 29 heavy (non-hydrogen) atoms. The first-order valence-corrected chi connectivity index (χ1v) is 10.0. The van der Waals surface area contributed by atoms with Crippen molar-refractivity contribution in [2.45, 2.75) is 20.0 Å². The lowest BCUT2D eigenvalue weighted by atomic mass is 10.0. The van der Waals surface area contributed by atoms with E-state index < -0.39 is 0 Å². The van der Waals surface area contributed by atoms with Gasteiger partial charge in [0.2, 0.25) is 0 Å². The molecule has 2 aromatic carbocycles. The molecule has 0 aliphatic carbocycles. The molecule has 0 amide bonds. The van der Waals surface area contributed by atoms with E-state index in [1.807, 2.05) is 42.5 Å². The van der Waals surface area contributed by atoms with Crippen molar-refractivity contribution in [3.8, 4) is 16.9 Å². The number of rotatable bonds is 7. The Morgan fingerprint density at radius 3 is 2.83 bits per heavy atom. The Hall–Kier alpha value is -2.99. The SMILES string of the molecule is CCOC(=O)Cc1cccc(-c2ccoc2)c1OCc1cc(Br)c2occc2c1. The predicted octanol–water partition coefficient (Wildman–Crippen LogP) is 6.14. The first-order chi connectivity index (χ1) is 14.2. The largest absolute Gasteiger partial charge is 0.488 e. The second kappa shape index (κ2) is 8.57. The average molecular weight is 455 g/mol. The summed E-state index contributed by atoms with van der Waals surface area (Å²) in [6.45, 7) is 2.47. The maximum atomic E-state index is 12.1. The van der Waals surface area contributed by atoms with E-state index in [0.29, 0.717) is 19.0 Å². The molecule has 2 aromatic heterocycles. The minimum Gasteiger partial charge on any atom is -0.488 e. The smallest absolute Gasteiger partial charge is 0.310 e. The summed E-state index contributed by atoms with van der Waals surface area (Å²) in [5.41, 5.74) is 4.30. The van der Waals surface area contributed by atoms with Crippen molar-refractivity contribution in [2.75, 3.05) is 6.61 Å². The lowest BCUT2D eigenvalue weighted by Gasteiger charge is -2.15. The van der Waals surface area contributed by atoms with E-state index in [9.17, 15) is 4.79 Å². The zero-order valence-electron chi connectivity index (χ0n) is 15.8. The van der Waals surface area contributed by atoms with Gasteiger partial charge >= 0.3 is 5.97 Å². The third-order valence-electron chi connectivity index (χ3n) is 4.52. The number of esters is 1. The quantitative estimate of drug-likeness (QED) is 0.313. The molecule has 4 aromatic rings. The Labute approximate surface area is 176 Å². The highest BCUT2D eigenvalue weighted by atomic mass is 79.9. The van der Waals surface area contributed by atoms with Gasteiger partial charge in [-0.15, -0.1) is 0 Å². The maximum absolute atomic E-state index is 12.1. The highest BCUT2D eigenvalue weighted by Gasteiger charge is 2.16. The lowest BCUT2D eigenvalue weighted by Crippen LogP contribution is -2.09. The molecule has 0 atom stereocenters. The van der Waals surface area contributed by atoms with Gasteiger partial charge in [-0.05, 0) is 52.7 Å². The number of fused-ring (bicyclic) bond motifs is 1. The molecular formula is C23H19BrO5. The van der Waals surface area contributed by atoms with E-state index in [4.69, 9.17) is 18.3 Å². The summed E-state index contributed by atoms with van der Waals surface area (Å²) < 4.78 is 22.9. The summed E-state index contributed by atoms with van der Waals surface area (Å²) in [5.74, 6) is 0.356. The van der Waals surface area contributed by atoms with Gasteiger partial charge in [-0.1, -0.05) is 18.2 Å². The fourth-order valence-electron chi connectivity index (χ4n) is 3.24. The Kier molecular flexibility index (Phi) is 5.71. The maximum Gasteiger partial charge on any atom is 0.310 e. The van der Waals surface area contributed by atoms with Crippen LogP contribution in [0.15, 0.2) is 74.6 Å². The van der Waals surface area contributed by atoms with Crippen molar-refractivity contribution >= 4 is 32.9 Å². The minimum atomic E-state index is -0.288. The number of benzene rings is 2. The van der Waals surface area contributed by atoms with Crippen LogP contribution >= 0.6 is 15.9 Å². The van der Waals surface area contributed by atoms with Crippen LogP contribution < -0.4 is 4.74 Å². The molecule has 0 aliphatic heterocycles. The van der Waals surface area contributed by atoms with Gasteiger partial charge in [0.25, 0.3) is 0 Å². The number of carbonyl (C=O) groups is 1. The Balaban J connectivity index is 1.67. The molecule has 0 aliphatic rings. The fourth-order valence-corrected chi connectivity index (χ4v) is 3.86. The minimum absolute atomic E-state index is 0.138. The van der Waals surface area contributed by atoms with Gasteiger partial charge in [-0.25, -0.2) is 0 Å². The van der Waals surface area contributed by atoms with Crippen molar-refractivity contribution in [3.63, 3.8) is 0 Å². The van der Waals surface area contributed by atoms with Gasteiger partial charge < -0.3 is 18.3 Å². The topological polar surface area (TPSA) is 61.8 Å². The lowest BCUT2D eigenvalue weighted by molar-refractivity contribution is -0.142. The van der Waals surface area contributed by atoms with Crippen molar-refractivity contribution < 1.29 is 23.1 Å². The number of hydrogen-bond acceptors (Lipinski definition) is 5. The number of halogens is 1. The Bertz CT molecular complexity index is 1130. The van der Waals surface area contributed by atoms with Crippen LogP contribution in [0.3, 0.4) is 0 Å². The number of ether oxygens (including phenoxy) is 2. The van der Waals surface area contributed by atoms with Crippen LogP contribution in [0.5, 0.6) is 5.75 Å². The number of furan rings is 2. The van der Waals surface area contributed by atoms with Crippen LogP contribution in [0.4, 0.5) is 0 Å². The van der Waals surface area contributed by atoms with E-state index in [2.05, 4.69) is 15.9 Å². The molecule has 148 valence electrons. The molecule has 0 bridgehead atoms. The van der Waals surface area contributed by atoms with Gasteiger partial charge in [0.1, 0.15) is 17.9 Å². The molecule has 0 unspecified atom stereocenters. The molecule has 0 spiro atoms. The van der Waals surface area contributed by atoms with Gasteiger partial charge in [0.05, 0.1) is 36.3 Å². The Morgan fingerprint density at radius 2 is 2.03 bits per heavy atom. The summed E-state index contributed by atoms with van der Waals surface area (Å²) in [5, 5.41) is 0.993. The third-order valence-corrected chi connectivity index (χ3v) is 5.11. The summed E-state index contributed by atoms with van der Waals surface area (Å²) >= 11 is 3.54. The highest BCUT2D eigenvalue weighted by Crippen LogP contribution is 2.35. The van der Waals surface area contributed by atoms with Crippen molar-refractivity contribution in [3.05, 3.63) is 76.9 Å². The summed E-state index contributed by atoms with van der Waals surface area (Å²) in [6, 6.07) is 13.5. The van der Waals surface area contributed by atoms with Crippen molar-refractivity contribution in [1.29, 1.82) is 0 Å². The number of para-hydroxylation sites is 1. The standard InChI is InChI=1S/C23H19BrO5/c1-2-27-21(25)12-16-4-3-5-19(18-6-8-26-14-18)22(16)29-13-15-10-17-7-9-28-23(17)20(24)11-15/h3-11,14H,2,12-13H2,1H3. The zero-order chi connectivity index (χ0) is 20.2. The average Bonchev–Trinajstić information content (AvgIpc) is 3.39. The summed E-state index contributed by atoms with van der Waals surface area (Å²) in [6.07, 6.45) is 5.07. The van der Waals surface area contributed by atoms with E-state index in [1.165, 1.54) is 0 Å². The van der Waals surface area contributed by atoms with Gasteiger partial charge in [0, 0.05) is 22.1 Å². The van der Waals surface area contributed by atoms with Crippen molar-refractivity contribution in [1.82, 2.24) is 0 Å². The molecule has 0 radical (unpaired) electrons. The number of hydrogen-bond donors (Lipinski definition) is 0. The molecule has 0 saturated carbocycles. The summed E-state index contributed by atoms with van der Waals surface area (Å²) in [4.78, 5) is 12.1. The van der Waals surface area contributed by atoms with E-state index >= 15 is 0 Å². The van der Waals surface area contributed by atoms with E-state index in [-0.39, 0.29) is 12.4 Å². The predicted molar refractivity (Wildman–Crippen MR) is 113 cm³/mol. The van der Waals surface area contributed by atoms with Crippen LogP contribution in [-0.2, 0) is 22.6 Å². The van der Waals surface area contributed by atoms with Gasteiger partial charge in [0.15, 0.2) is 0 Å². The molecule has 4 rings (SSSR count). The normalized spacial score (nSPS) is 11.0. The van der Waals surface area contributed by atoms with Crippen LogP contribution in [0.2, 0.25) is 0 Å². The van der Waals surface area contributed by atoms with Crippen LogP contribution in [-0.4, -0.2) is 12.6 Å². The van der Waals surface area contributed by atoms with Crippen molar-refractivity contribution in [2.24, 2.45) is 0 Å². The second-order valence-corrected chi connectivity index (χ2v) is 7.35. The molecule has 0 saturated heterocycles. The van der Waals surface area contributed by atoms with Crippen LogP contribution in [0, 0.1) is 0 Å². The first kappa shape index (κ1) is 19.3. The second-order valence-electron chi connectivity index (χ2n) is 6.49. The third kappa shape index (κ3) is 4.22. The molecule has 0 fully saturated rings. The molecule has 6 heteroatoms. The fraction of sp³-hybridized carbons (Fsp3) is 0.174. The molecular weight excluding hydrogens is 436 g/mol. The monoisotopic (exact) mass is 454 g/mol. The van der Waals surface area contributed by atoms with E-state index in [0.717, 1.165) is 37.7 Å². The van der Waals surface area contributed by atoms with E-state index in [1.54, 1.807) is 25.7 Å². The van der Waals surface area contributed by atoms with Gasteiger partial charge in [-0.2, -0.15) is 0 Å². The Morgan fingerprint density at radius 1 is 1.14 bits per heavy atom. The highest BCUT2D eigenvalue weighted by molar-refractivity contribution is 9.10. The molecule has 0 N–H and O–H groups in total. The van der Waals surface area contributed by atoms with Crippen LogP contribution in [0.1, 0.15) is 18.1 Å². The first-order valence-electron chi connectivity index (χ1n) is 9.24. The van der Waals surface area contributed by atoms with Crippen LogP contribution in [0.25, 0.3) is 22.1 Å². The summed E-state index contributed by atoms with van der Waals surface area (Å²) in [7, 11) is 0. The number of carbonyl (C=O) groups excluding carboxylic acids is 1. The zero-order valence-corrected chi connectivity index (χ0v) is 17.4.